The zero-order chi connectivity index (χ0) is 4.99. The Morgan fingerprint density at radius 3 is 2.50 bits per heavy atom. The fourth-order valence-electron chi connectivity index (χ4n) is 0.228. The van der Waals surface area contributed by atoms with E-state index in [1.807, 2.05) is 6.92 Å². The average molecular weight is 84.1 g/mol. The summed E-state index contributed by atoms with van der Waals surface area (Å²) in [4.78, 5) is 0. The molecular formula is C5H10N. The third kappa shape index (κ3) is 3.70. The Hall–Kier alpha value is -0.300. The maximum Gasteiger partial charge on any atom is 0.00507 e. The van der Waals surface area contributed by atoms with Crippen molar-refractivity contribution >= 4 is 0 Å². The summed E-state index contributed by atoms with van der Waals surface area (Å²) >= 11 is 0. The minimum absolute atomic E-state index is 0.225. The highest BCUT2D eigenvalue weighted by Crippen LogP contribution is 1.80. The molecule has 0 spiro atoms. The van der Waals surface area contributed by atoms with E-state index in [2.05, 4.69) is 12.7 Å². The van der Waals surface area contributed by atoms with Crippen molar-refractivity contribution in [2.24, 2.45) is 5.73 Å². The molecule has 1 nitrogen and oxygen atoms in total. The zero-order valence-electron chi connectivity index (χ0n) is 4.07. The minimum atomic E-state index is 0.225. The van der Waals surface area contributed by atoms with E-state index in [1.54, 1.807) is 0 Å². The normalized spacial score (nSPS) is 13.7. The number of nitrogens with two attached hydrogens (primary N) is 1. The van der Waals surface area contributed by atoms with Crippen LogP contribution in [0.15, 0.2) is 6.58 Å². The van der Waals surface area contributed by atoms with Gasteiger partial charge in [-0.3, -0.25) is 0 Å². The quantitative estimate of drug-likeness (QED) is 0.524. The molecule has 0 aromatic carbocycles. The summed E-state index contributed by atoms with van der Waals surface area (Å²) in [5.41, 5.74) is 5.30. The lowest BCUT2D eigenvalue weighted by Crippen LogP contribution is -2.12. The molecule has 2 N–H and O–H groups in total. The van der Waals surface area contributed by atoms with Crippen LogP contribution in [-0.2, 0) is 0 Å². The van der Waals surface area contributed by atoms with Gasteiger partial charge in [-0.2, -0.15) is 0 Å². The van der Waals surface area contributed by atoms with Gasteiger partial charge in [0.2, 0.25) is 0 Å². The van der Waals surface area contributed by atoms with Crippen LogP contribution in [0.1, 0.15) is 13.3 Å². The van der Waals surface area contributed by atoms with E-state index in [9.17, 15) is 0 Å². The highest BCUT2D eigenvalue weighted by Gasteiger charge is 1.83. The number of hydrogen-bond donors (Lipinski definition) is 1. The van der Waals surface area contributed by atoms with Crippen LogP contribution in [0.25, 0.3) is 0 Å². The van der Waals surface area contributed by atoms with Crippen LogP contribution in [0.5, 0.6) is 0 Å². The van der Waals surface area contributed by atoms with Gasteiger partial charge < -0.3 is 5.73 Å². The predicted octanol–water partition coefficient (Wildman–Crippen LogP) is 0.713. The molecule has 0 heterocycles. The van der Waals surface area contributed by atoms with E-state index in [0.717, 1.165) is 6.42 Å². The molecule has 0 bridgehead atoms. The van der Waals surface area contributed by atoms with E-state index in [1.165, 1.54) is 0 Å². The lowest BCUT2D eigenvalue weighted by molar-refractivity contribution is 0.748. The summed E-state index contributed by atoms with van der Waals surface area (Å²) in [6, 6.07) is 0.225. The lowest BCUT2D eigenvalue weighted by Gasteiger charge is -1.93. The van der Waals surface area contributed by atoms with E-state index < -0.39 is 0 Å². The summed E-state index contributed by atoms with van der Waals surface area (Å²) in [7, 11) is 0. The molecule has 1 radical (unpaired) electrons. The van der Waals surface area contributed by atoms with E-state index in [4.69, 9.17) is 5.73 Å². The van der Waals surface area contributed by atoms with Crippen LogP contribution < -0.4 is 5.73 Å². The Bertz CT molecular complexity index is 39.2. The van der Waals surface area contributed by atoms with E-state index >= 15 is 0 Å². The molecule has 0 rings (SSSR count). The van der Waals surface area contributed by atoms with Crippen molar-refractivity contribution in [1.29, 1.82) is 0 Å². The summed E-state index contributed by atoms with van der Waals surface area (Å²) in [6.45, 7) is 5.32. The Morgan fingerprint density at radius 2 is 2.50 bits per heavy atom. The molecule has 0 saturated carbocycles. The van der Waals surface area contributed by atoms with Crippen molar-refractivity contribution in [3.8, 4) is 0 Å². The van der Waals surface area contributed by atoms with Gasteiger partial charge in [0.1, 0.15) is 0 Å². The molecule has 1 unspecified atom stereocenters. The van der Waals surface area contributed by atoms with Gasteiger partial charge in [0, 0.05) is 6.04 Å². The average Bonchev–Trinajstić information content (AvgIpc) is 1.35. The fourth-order valence-corrected chi connectivity index (χ4v) is 0.228. The molecule has 0 aliphatic rings. The topological polar surface area (TPSA) is 26.0 Å². The Kier molecular flexibility index (Phi) is 2.77. The minimum Gasteiger partial charge on any atom is -0.328 e. The summed E-state index contributed by atoms with van der Waals surface area (Å²) in [5.74, 6) is 0. The second-order valence-corrected chi connectivity index (χ2v) is 1.43. The van der Waals surface area contributed by atoms with Gasteiger partial charge in [0.05, 0.1) is 0 Å². The molecule has 1 atom stereocenters. The first kappa shape index (κ1) is 5.70. The summed E-state index contributed by atoms with van der Waals surface area (Å²) < 4.78 is 0. The molecule has 1 heteroatoms. The second-order valence-electron chi connectivity index (χ2n) is 1.43. The van der Waals surface area contributed by atoms with Gasteiger partial charge in [0.15, 0.2) is 0 Å². The molecule has 0 aliphatic heterocycles. The largest absolute Gasteiger partial charge is 0.328 e. The van der Waals surface area contributed by atoms with Crippen LogP contribution in [0.2, 0.25) is 0 Å². The van der Waals surface area contributed by atoms with Gasteiger partial charge in [-0.15, -0.1) is 0 Å². The zero-order valence-corrected chi connectivity index (χ0v) is 4.07. The van der Waals surface area contributed by atoms with Crippen molar-refractivity contribution < 1.29 is 0 Å². The second kappa shape index (κ2) is 2.91. The molecule has 6 heavy (non-hydrogen) atoms. The molecule has 0 aromatic heterocycles. The third-order valence-electron chi connectivity index (χ3n) is 0.466. The maximum atomic E-state index is 5.30. The molecule has 0 amide bonds. The lowest BCUT2D eigenvalue weighted by atomic mass is 10.3. The monoisotopic (exact) mass is 84.1 g/mol. The summed E-state index contributed by atoms with van der Waals surface area (Å²) in [5, 5.41) is 0. The number of rotatable bonds is 2. The first-order valence-electron chi connectivity index (χ1n) is 2.03. The van der Waals surface area contributed by atoms with Gasteiger partial charge in [-0.05, 0) is 13.3 Å². The first-order chi connectivity index (χ1) is 2.77. The standard InChI is InChI=1S/C5H10N/c1-3-4-5(2)6/h5H,1,4,6H2,2H3. The molecule has 0 aromatic rings. The predicted molar refractivity (Wildman–Crippen MR) is 27.1 cm³/mol. The Labute approximate surface area is 38.8 Å². The third-order valence-corrected chi connectivity index (χ3v) is 0.466. The fraction of sp³-hybridized carbons (Fsp3) is 0.600. The molecule has 35 valence electrons. The Morgan fingerprint density at radius 1 is 2.00 bits per heavy atom. The van der Waals surface area contributed by atoms with Crippen molar-refractivity contribution in [2.75, 3.05) is 0 Å². The van der Waals surface area contributed by atoms with E-state index in [-0.39, 0.29) is 6.04 Å². The first-order valence-corrected chi connectivity index (χ1v) is 2.03. The van der Waals surface area contributed by atoms with E-state index in [0.29, 0.717) is 0 Å². The summed E-state index contributed by atoms with van der Waals surface area (Å²) in [6.07, 6.45) is 3.48. The van der Waals surface area contributed by atoms with Crippen molar-refractivity contribution in [2.45, 2.75) is 19.4 Å². The van der Waals surface area contributed by atoms with Crippen LogP contribution in [0.4, 0.5) is 0 Å². The van der Waals surface area contributed by atoms with Gasteiger partial charge in [-0.1, -0.05) is 12.7 Å². The smallest absolute Gasteiger partial charge is 0.00507 e. The molecular weight excluding hydrogens is 74.1 g/mol. The van der Waals surface area contributed by atoms with Gasteiger partial charge in [0.25, 0.3) is 0 Å². The van der Waals surface area contributed by atoms with Crippen LogP contribution in [-0.4, -0.2) is 6.04 Å². The van der Waals surface area contributed by atoms with Crippen LogP contribution >= 0.6 is 0 Å². The van der Waals surface area contributed by atoms with Gasteiger partial charge >= 0.3 is 0 Å². The number of hydrogen-bond acceptors (Lipinski definition) is 1. The maximum absolute atomic E-state index is 5.30. The molecule has 0 aliphatic carbocycles. The highest BCUT2D eigenvalue weighted by molar-refractivity contribution is 4.62. The van der Waals surface area contributed by atoms with Crippen molar-refractivity contribution in [1.82, 2.24) is 0 Å². The van der Waals surface area contributed by atoms with Crippen LogP contribution in [0, 0.1) is 6.08 Å². The highest BCUT2D eigenvalue weighted by atomic mass is 14.6. The molecule has 0 fully saturated rings. The Balaban J connectivity index is 2.81. The van der Waals surface area contributed by atoms with Crippen LogP contribution in [0.3, 0.4) is 0 Å². The van der Waals surface area contributed by atoms with Gasteiger partial charge in [-0.25, -0.2) is 0 Å². The SMILES string of the molecule is C=[C]CC(C)N. The van der Waals surface area contributed by atoms with Crippen molar-refractivity contribution in [3.63, 3.8) is 0 Å². The van der Waals surface area contributed by atoms with Crippen molar-refractivity contribution in [3.05, 3.63) is 12.7 Å². The molecule has 0 saturated heterocycles.